The molecule has 0 radical (unpaired) electrons. The molecular formula is C42H45F2N9O8S. The quantitative estimate of drug-likeness (QED) is 0.0758. The fourth-order valence-corrected chi connectivity index (χ4v) is 8.90. The zero-order valence-electron chi connectivity index (χ0n) is 34.0. The molecule has 62 heavy (non-hydrogen) atoms. The van der Waals surface area contributed by atoms with Crippen molar-refractivity contribution in [1.82, 2.24) is 19.7 Å². The number of phenols is 1. The van der Waals surface area contributed by atoms with Gasteiger partial charge < -0.3 is 39.6 Å². The summed E-state index contributed by atoms with van der Waals surface area (Å²) in [5, 5.41) is 26.4. The Bertz CT molecular complexity index is 2430. The molecule has 0 aliphatic carbocycles. The van der Waals surface area contributed by atoms with Gasteiger partial charge in [-0.25, -0.2) is 23.2 Å². The number of nitrogens with two attached hydrogens (primary N) is 1. The first-order chi connectivity index (χ1) is 29.7. The van der Waals surface area contributed by atoms with E-state index >= 15 is 0 Å². The van der Waals surface area contributed by atoms with Gasteiger partial charge in [-0.3, -0.25) is 19.9 Å². The van der Waals surface area contributed by atoms with Crippen LogP contribution in [-0.4, -0.2) is 101 Å². The van der Waals surface area contributed by atoms with E-state index in [1.807, 2.05) is 48.5 Å². The van der Waals surface area contributed by atoms with E-state index in [9.17, 15) is 28.8 Å². The Kier molecular flexibility index (Phi) is 11.6. The molecule has 4 heterocycles. The highest BCUT2D eigenvalue weighted by atomic mass is 32.1. The molecule has 3 aliphatic rings. The van der Waals surface area contributed by atoms with Crippen molar-refractivity contribution in [3.05, 3.63) is 124 Å². The van der Waals surface area contributed by atoms with Crippen LogP contribution in [0.25, 0.3) is 0 Å². The molecule has 20 heteroatoms. The second-order valence-electron chi connectivity index (χ2n) is 15.5. The Balaban J connectivity index is 0.883. The number of aromatic nitrogens is 3. The number of nitro benzene ring substituents is 1. The van der Waals surface area contributed by atoms with Gasteiger partial charge >= 0.3 is 11.7 Å². The minimum absolute atomic E-state index is 0.00700. The number of benzene rings is 4. The van der Waals surface area contributed by atoms with Crippen LogP contribution in [0.15, 0.2) is 91.5 Å². The third kappa shape index (κ3) is 7.78. The number of halogens is 2. The number of ether oxygens (including phenoxy) is 4. The summed E-state index contributed by atoms with van der Waals surface area (Å²) in [4.78, 5) is 35.0. The standard InChI is InChI=1S/C42H45F2N9O8S/c1-26(2)52-40(55)51(39(45)42(52,62)27-18-35(53(56)57)38(54)36(19-27)58-3)31-7-5-29(6-8-31)48-14-16-49(17-15-48)30-9-11-32(12-10-30)59-21-37-60-23-41(61-37,22-50-25-46-24-47-50)33-13-4-28(43)20-34(33)44/h4-13,18-20,24-26,37,39,54,62H,14-17,21-23,45H2,1-3H3/t37-,39?,41+,42?/m0/s1. The Hall–Kier alpha value is -6.22. The topological polar surface area (TPSA) is 187 Å². The van der Waals surface area contributed by atoms with Crippen LogP contribution >= 0.6 is 12.6 Å². The lowest BCUT2D eigenvalue weighted by Gasteiger charge is -2.38. The van der Waals surface area contributed by atoms with E-state index < -0.39 is 63.0 Å². The largest absolute Gasteiger partial charge is 0.500 e. The third-order valence-corrected chi connectivity index (χ3v) is 12.1. The average Bonchev–Trinajstić information content (AvgIpc) is 3.98. The SMILES string of the molecule is COc1cc(C2(S)C(N)N(c3ccc(N4CCN(c5ccc(OC[C@H]6OC[C@](Cn7cncn7)(c7ccc(F)cc7F)O6)cc5)CC4)cc3)C(=O)N2C(C)C)cc([N+](=O)[O-])c1O. The van der Waals surface area contributed by atoms with Crippen LogP contribution in [0.1, 0.15) is 25.0 Å². The third-order valence-electron chi connectivity index (χ3n) is 11.4. The van der Waals surface area contributed by atoms with Crippen molar-refractivity contribution in [1.29, 1.82) is 0 Å². The number of carbonyl (C=O) groups excluding carboxylic acids is 1. The summed E-state index contributed by atoms with van der Waals surface area (Å²) in [6, 6.07) is 20.2. The maximum Gasteiger partial charge on any atom is 0.327 e. The molecule has 2 unspecified atom stereocenters. The highest BCUT2D eigenvalue weighted by Gasteiger charge is 2.57. The molecule has 5 aromatic rings. The molecule has 326 valence electrons. The van der Waals surface area contributed by atoms with Gasteiger partial charge in [-0.15, -0.1) is 12.6 Å². The summed E-state index contributed by atoms with van der Waals surface area (Å²) in [7, 11) is 1.28. The molecule has 0 bridgehead atoms. The second-order valence-corrected chi connectivity index (χ2v) is 16.1. The predicted molar refractivity (Wildman–Crippen MR) is 226 cm³/mol. The number of methoxy groups -OCH3 is 1. The molecule has 2 amide bonds. The van der Waals surface area contributed by atoms with E-state index in [0.717, 1.165) is 43.6 Å². The average molecular weight is 874 g/mol. The Labute approximate surface area is 360 Å². The molecule has 1 aromatic heterocycles. The number of hydrogen-bond donors (Lipinski definition) is 3. The summed E-state index contributed by atoms with van der Waals surface area (Å²) in [6.07, 6.45) is 0.934. The first-order valence-electron chi connectivity index (χ1n) is 19.8. The lowest BCUT2D eigenvalue weighted by Crippen LogP contribution is -2.51. The van der Waals surface area contributed by atoms with E-state index in [4.69, 9.17) is 37.3 Å². The summed E-state index contributed by atoms with van der Waals surface area (Å²) >= 11 is 4.94. The number of hydrogen-bond acceptors (Lipinski definition) is 14. The van der Waals surface area contributed by atoms with Crippen LogP contribution in [0.5, 0.6) is 17.2 Å². The lowest BCUT2D eigenvalue weighted by molar-refractivity contribution is -0.386. The number of nitrogens with zero attached hydrogens (tertiary/aromatic N) is 8. The molecule has 0 spiro atoms. The highest BCUT2D eigenvalue weighted by molar-refractivity contribution is 7.81. The van der Waals surface area contributed by atoms with E-state index in [1.54, 1.807) is 13.8 Å². The number of anilines is 3. The summed E-state index contributed by atoms with van der Waals surface area (Å²) in [5.74, 6) is -1.64. The monoisotopic (exact) mass is 873 g/mol. The van der Waals surface area contributed by atoms with Crippen LogP contribution < -0.4 is 29.9 Å². The molecule has 3 aliphatic heterocycles. The number of thiol groups is 1. The summed E-state index contributed by atoms with van der Waals surface area (Å²) in [5.41, 5.74) is 7.80. The Morgan fingerprint density at radius 2 is 1.65 bits per heavy atom. The molecule has 3 fully saturated rings. The smallest absolute Gasteiger partial charge is 0.327 e. The van der Waals surface area contributed by atoms with Crippen molar-refractivity contribution in [2.24, 2.45) is 5.73 Å². The predicted octanol–water partition coefficient (Wildman–Crippen LogP) is 5.57. The number of carbonyl (C=O) groups is 1. The fraction of sp³-hybridized carbons (Fsp3) is 0.357. The second kappa shape index (κ2) is 16.9. The van der Waals surface area contributed by atoms with Gasteiger partial charge in [0.1, 0.15) is 53.3 Å². The van der Waals surface area contributed by atoms with Crippen molar-refractivity contribution < 1.29 is 42.6 Å². The molecular weight excluding hydrogens is 829 g/mol. The Morgan fingerprint density at radius 3 is 2.23 bits per heavy atom. The normalized spacial score (nSPS) is 22.8. The van der Waals surface area contributed by atoms with Gasteiger partial charge in [0, 0.05) is 72.5 Å². The van der Waals surface area contributed by atoms with Gasteiger partial charge in [0.15, 0.2) is 12.0 Å². The maximum atomic E-state index is 15.0. The summed E-state index contributed by atoms with van der Waals surface area (Å²) in [6.45, 7) is 6.65. The van der Waals surface area contributed by atoms with Gasteiger partial charge in [-0.1, -0.05) is 6.07 Å². The lowest BCUT2D eigenvalue weighted by atomic mass is 9.94. The van der Waals surface area contributed by atoms with Gasteiger partial charge in [-0.05, 0) is 74.5 Å². The zero-order valence-corrected chi connectivity index (χ0v) is 34.9. The van der Waals surface area contributed by atoms with E-state index in [1.165, 1.54) is 58.5 Å². The number of phenolic OH excluding ortho intramolecular Hbond substituents is 1. The number of aromatic hydroxyl groups is 1. The molecule has 4 aromatic carbocycles. The van der Waals surface area contributed by atoms with Crippen LogP contribution in [0, 0.1) is 21.7 Å². The van der Waals surface area contributed by atoms with Crippen molar-refractivity contribution in [2.75, 3.05) is 61.2 Å². The van der Waals surface area contributed by atoms with Crippen LogP contribution in [0.4, 0.5) is 36.3 Å². The van der Waals surface area contributed by atoms with Gasteiger partial charge in [-0.2, -0.15) is 5.10 Å². The number of piperazine rings is 1. The molecule has 8 rings (SSSR count). The Morgan fingerprint density at radius 1 is 1.00 bits per heavy atom. The number of nitro groups is 1. The van der Waals surface area contributed by atoms with Crippen molar-refractivity contribution in [2.45, 2.75) is 49.4 Å². The van der Waals surface area contributed by atoms with Crippen molar-refractivity contribution in [3.63, 3.8) is 0 Å². The van der Waals surface area contributed by atoms with Crippen molar-refractivity contribution in [3.8, 4) is 17.2 Å². The first kappa shape index (κ1) is 42.5. The maximum absolute atomic E-state index is 15.0. The fourth-order valence-electron chi connectivity index (χ4n) is 8.34. The van der Waals surface area contributed by atoms with Gasteiger partial charge in [0.05, 0.1) is 25.2 Å². The van der Waals surface area contributed by atoms with Crippen LogP contribution in [0.3, 0.4) is 0 Å². The first-order valence-corrected chi connectivity index (χ1v) is 20.2. The number of amides is 2. The minimum atomic E-state index is -1.53. The van der Waals surface area contributed by atoms with Crippen molar-refractivity contribution >= 4 is 41.4 Å². The molecule has 3 N–H and O–H groups in total. The summed E-state index contributed by atoms with van der Waals surface area (Å²) < 4.78 is 53.7. The van der Waals surface area contributed by atoms with Gasteiger partial charge in [0.2, 0.25) is 5.75 Å². The van der Waals surface area contributed by atoms with E-state index in [2.05, 4.69) is 19.9 Å². The molecule has 4 atom stereocenters. The zero-order chi connectivity index (χ0) is 43.9. The van der Waals surface area contributed by atoms with E-state index in [-0.39, 0.29) is 36.6 Å². The highest BCUT2D eigenvalue weighted by Crippen LogP contribution is 2.49. The number of urea groups is 1. The van der Waals surface area contributed by atoms with Gasteiger partial charge in [0.25, 0.3) is 0 Å². The van der Waals surface area contributed by atoms with Crippen LogP contribution in [0.2, 0.25) is 0 Å². The molecule has 3 saturated heterocycles. The molecule has 17 nitrogen and oxygen atoms in total. The molecule has 0 saturated carbocycles. The minimum Gasteiger partial charge on any atom is -0.500 e. The van der Waals surface area contributed by atoms with Crippen LogP contribution in [-0.2, 0) is 26.5 Å². The van der Waals surface area contributed by atoms with E-state index in [0.29, 0.717) is 11.4 Å². The number of rotatable bonds is 13.